The molecule has 0 aliphatic carbocycles. The van der Waals surface area contributed by atoms with Crippen LogP contribution in [0.3, 0.4) is 0 Å². The van der Waals surface area contributed by atoms with E-state index >= 15 is 0 Å². The van der Waals surface area contributed by atoms with Crippen molar-refractivity contribution in [2.75, 3.05) is 0 Å². The van der Waals surface area contributed by atoms with Crippen molar-refractivity contribution in [2.24, 2.45) is 0 Å². The summed E-state index contributed by atoms with van der Waals surface area (Å²) in [6, 6.07) is 5.65. The van der Waals surface area contributed by atoms with Crippen molar-refractivity contribution in [3.8, 4) is 0 Å². The van der Waals surface area contributed by atoms with Crippen molar-refractivity contribution in [3.05, 3.63) is 54.1 Å². The first-order chi connectivity index (χ1) is 10.3. The average Bonchev–Trinajstić information content (AvgIpc) is 2.95. The van der Waals surface area contributed by atoms with Gasteiger partial charge >= 0.3 is 0 Å². The second-order valence-corrected chi connectivity index (χ2v) is 5.82. The molecule has 0 spiro atoms. The molecule has 0 fully saturated rings. The molecular weight excluding hydrogens is 283 g/mol. The monoisotopic (exact) mass is 300 g/mol. The number of rotatable bonds is 4. The Bertz CT molecular complexity index is 723. The number of carbonyl (C=O) groups is 1. The van der Waals surface area contributed by atoms with E-state index in [0.29, 0.717) is 28.8 Å². The molecule has 22 heavy (non-hydrogen) atoms. The topological polar surface area (TPSA) is 60.7 Å². The first kappa shape index (κ1) is 15.8. The second-order valence-electron chi connectivity index (χ2n) is 5.82. The van der Waals surface area contributed by atoms with Crippen LogP contribution in [0.15, 0.2) is 36.9 Å². The third-order valence-corrected chi connectivity index (χ3v) is 2.94. The highest BCUT2D eigenvalue weighted by Gasteiger charge is 2.17. The Morgan fingerprint density at radius 1 is 1.27 bits per heavy atom. The Balaban J connectivity index is 2.29. The van der Waals surface area contributed by atoms with Gasteiger partial charge in [0.15, 0.2) is 6.29 Å². The quantitative estimate of drug-likeness (QED) is 0.495. The van der Waals surface area contributed by atoms with Gasteiger partial charge in [0.1, 0.15) is 5.82 Å². The minimum absolute atomic E-state index is 0.292. The molecule has 114 valence electrons. The fraction of sp³-hybridized carbons (Fsp3) is 0.250. The minimum Gasteiger partial charge on any atom is -0.298 e. The molecule has 2 aromatic rings. The molecule has 2 rings (SSSR count). The lowest BCUT2D eigenvalue weighted by Gasteiger charge is -2.15. The van der Waals surface area contributed by atoms with E-state index in [4.69, 9.17) is 0 Å². The second kappa shape index (κ2) is 6.01. The van der Waals surface area contributed by atoms with Crippen LogP contribution in [0.25, 0.3) is 11.1 Å². The predicted molar refractivity (Wildman–Crippen MR) is 82.3 cm³/mol. The molecule has 0 amide bonds. The molecule has 0 radical (unpaired) electrons. The molecule has 0 saturated carbocycles. The third kappa shape index (κ3) is 3.52. The first-order valence-electron chi connectivity index (χ1n) is 6.74. The van der Waals surface area contributed by atoms with E-state index in [1.807, 2.05) is 20.8 Å². The van der Waals surface area contributed by atoms with E-state index in [-0.39, 0.29) is 11.4 Å². The van der Waals surface area contributed by atoms with Crippen LogP contribution in [0.4, 0.5) is 4.39 Å². The number of nitrogens with zero attached hydrogens (tertiary/aromatic N) is 4. The highest BCUT2D eigenvalue weighted by Crippen LogP contribution is 2.19. The first-order valence-corrected chi connectivity index (χ1v) is 6.74. The largest absolute Gasteiger partial charge is 0.298 e. The van der Waals surface area contributed by atoms with Crippen LogP contribution in [-0.2, 0) is 10.3 Å². The van der Waals surface area contributed by atoms with Gasteiger partial charge in [0.2, 0.25) is 5.82 Å². The summed E-state index contributed by atoms with van der Waals surface area (Å²) >= 11 is 0. The molecule has 0 saturated heterocycles. The third-order valence-electron chi connectivity index (χ3n) is 2.94. The predicted octanol–water partition coefficient (Wildman–Crippen LogP) is 2.86. The molecule has 0 N–H and O–H groups in total. The minimum atomic E-state index is -0.359. The zero-order valence-corrected chi connectivity index (χ0v) is 12.7. The van der Waals surface area contributed by atoms with Crippen LogP contribution < -0.4 is 0 Å². The summed E-state index contributed by atoms with van der Waals surface area (Å²) in [6.07, 6.45) is 2.25. The molecule has 0 aliphatic rings. The van der Waals surface area contributed by atoms with Gasteiger partial charge in [-0.1, -0.05) is 18.7 Å². The van der Waals surface area contributed by atoms with Gasteiger partial charge in [-0.3, -0.25) is 4.79 Å². The number of halogens is 1. The standard InChI is InChI=1S/C16H17FN4O/c1-11(15-18-20-21(19-15)16(2,3)4)9-13(10-22)12-5-7-14(17)8-6-12/h5-10H,1H2,2-4H3/b13-9-. The SMILES string of the molecule is C=C(/C=C(/C=O)c1ccc(F)cc1)c1nnn(C(C)(C)C)n1. The average molecular weight is 300 g/mol. The zero-order chi connectivity index (χ0) is 16.3. The maximum absolute atomic E-state index is 12.9. The van der Waals surface area contributed by atoms with E-state index < -0.39 is 0 Å². The van der Waals surface area contributed by atoms with Crippen LogP contribution in [0.5, 0.6) is 0 Å². The van der Waals surface area contributed by atoms with Crippen LogP contribution in [0.2, 0.25) is 0 Å². The molecule has 1 aromatic carbocycles. The molecule has 1 aromatic heterocycles. The van der Waals surface area contributed by atoms with Crippen molar-refractivity contribution in [1.82, 2.24) is 20.2 Å². The summed E-state index contributed by atoms with van der Waals surface area (Å²) in [5, 5.41) is 12.2. The lowest BCUT2D eigenvalue weighted by Crippen LogP contribution is -2.24. The van der Waals surface area contributed by atoms with Gasteiger partial charge in [0, 0.05) is 11.1 Å². The van der Waals surface area contributed by atoms with Gasteiger partial charge in [-0.25, -0.2) is 4.39 Å². The molecular formula is C16H17FN4O. The molecule has 1 heterocycles. The van der Waals surface area contributed by atoms with Crippen LogP contribution in [-0.4, -0.2) is 26.5 Å². The van der Waals surface area contributed by atoms with Gasteiger partial charge in [-0.05, 0) is 49.8 Å². The van der Waals surface area contributed by atoms with Gasteiger partial charge in [-0.2, -0.15) is 4.80 Å². The molecule has 0 bridgehead atoms. The van der Waals surface area contributed by atoms with Crippen LogP contribution in [0.1, 0.15) is 32.2 Å². The Morgan fingerprint density at radius 2 is 1.91 bits per heavy atom. The van der Waals surface area contributed by atoms with E-state index in [1.54, 1.807) is 6.08 Å². The number of benzene rings is 1. The van der Waals surface area contributed by atoms with Gasteiger partial charge in [0.05, 0.1) is 5.54 Å². The van der Waals surface area contributed by atoms with Crippen LogP contribution in [0, 0.1) is 5.82 Å². The van der Waals surface area contributed by atoms with Crippen molar-refractivity contribution in [3.63, 3.8) is 0 Å². The number of hydrogen-bond donors (Lipinski definition) is 0. The molecule has 5 nitrogen and oxygen atoms in total. The molecule has 0 atom stereocenters. The molecule has 0 aliphatic heterocycles. The lowest BCUT2D eigenvalue weighted by molar-refractivity contribution is -0.103. The van der Waals surface area contributed by atoms with Crippen molar-refractivity contribution >= 4 is 17.4 Å². The zero-order valence-electron chi connectivity index (χ0n) is 12.7. The number of aldehydes is 1. The van der Waals surface area contributed by atoms with E-state index in [9.17, 15) is 9.18 Å². The summed E-state index contributed by atoms with van der Waals surface area (Å²) in [5.74, 6) is -0.0148. The van der Waals surface area contributed by atoms with E-state index in [1.165, 1.54) is 29.1 Å². The maximum Gasteiger partial charge on any atom is 0.204 e. The summed E-state index contributed by atoms with van der Waals surface area (Å²) in [7, 11) is 0. The number of hydrogen-bond acceptors (Lipinski definition) is 4. The fourth-order valence-electron chi connectivity index (χ4n) is 1.71. The maximum atomic E-state index is 12.9. The number of carbonyl (C=O) groups excluding carboxylic acids is 1. The van der Waals surface area contributed by atoms with E-state index in [2.05, 4.69) is 22.0 Å². The fourth-order valence-corrected chi connectivity index (χ4v) is 1.71. The Kier molecular flexibility index (Phi) is 4.30. The summed E-state index contributed by atoms with van der Waals surface area (Å²) in [5.41, 5.74) is 1.14. The van der Waals surface area contributed by atoms with Gasteiger partial charge < -0.3 is 0 Å². The Hall–Kier alpha value is -2.63. The number of aromatic nitrogens is 4. The number of tetrazole rings is 1. The molecule has 0 unspecified atom stereocenters. The highest BCUT2D eigenvalue weighted by atomic mass is 19.1. The van der Waals surface area contributed by atoms with Crippen molar-refractivity contribution < 1.29 is 9.18 Å². The normalized spacial score (nSPS) is 12.3. The molecule has 6 heteroatoms. The van der Waals surface area contributed by atoms with Gasteiger partial charge in [-0.15, -0.1) is 10.2 Å². The van der Waals surface area contributed by atoms with Gasteiger partial charge in [0.25, 0.3) is 0 Å². The summed E-state index contributed by atoms with van der Waals surface area (Å²) < 4.78 is 12.9. The van der Waals surface area contributed by atoms with E-state index in [0.717, 1.165) is 0 Å². The Morgan fingerprint density at radius 3 is 2.41 bits per heavy atom. The summed E-state index contributed by atoms with van der Waals surface area (Å²) in [4.78, 5) is 12.7. The smallest absolute Gasteiger partial charge is 0.204 e. The number of allylic oxidation sites excluding steroid dienone is 3. The Labute approximate surface area is 128 Å². The van der Waals surface area contributed by atoms with Crippen LogP contribution >= 0.6 is 0 Å². The van der Waals surface area contributed by atoms with Crippen molar-refractivity contribution in [2.45, 2.75) is 26.3 Å². The lowest BCUT2D eigenvalue weighted by atomic mass is 10.0. The summed E-state index contributed by atoms with van der Waals surface area (Å²) in [6.45, 7) is 9.72. The highest BCUT2D eigenvalue weighted by molar-refractivity contribution is 6.09. The van der Waals surface area contributed by atoms with Crippen molar-refractivity contribution in [1.29, 1.82) is 0 Å².